The summed E-state index contributed by atoms with van der Waals surface area (Å²) in [5.74, 6) is -0.160. The van der Waals surface area contributed by atoms with Crippen LogP contribution in [0.2, 0.25) is 0 Å². The van der Waals surface area contributed by atoms with Crippen molar-refractivity contribution in [2.24, 2.45) is 0 Å². The van der Waals surface area contributed by atoms with Crippen LogP contribution >= 0.6 is 0 Å². The summed E-state index contributed by atoms with van der Waals surface area (Å²) in [5.41, 5.74) is 2.71. The van der Waals surface area contributed by atoms with Crippen LogP contribution in [0.1, 0.15) is 37.4 Å². The van der Waals surface area contributed by atoms with Gasteiger partial charge in [-0.2, -0.15) is 5.10 Å². The second-order valence-corrected chi connectivity index (χ2v) is 4.84. The summed E-state index contributed by atoms with van der Waals surface area (Å²) in [6.07, 6.45) is 6.31. The Morgan fingerprint density at radius 2 is 2.30 bits per heavy atom. The molecule has 0 aliphatic carbocycles. The number of carbonyl (C=O) groups is 1. The smallest absolute Gasteiger partial charge is 0.227 e. The molecule has 20 heavy (non-hydrogen) atoms. The van der Waals surface area contributed by atoms with E-state index >= 15 is 0 Å². The average Bonchev–Trinajstić information content (AvgIpc) is 2.87. The van der Waals surface area contributed by atoms with Gasteiger partial charge in [0.2, 0.25) is 5.91 Å². The van der Waals surface area contributed by atoms with Crippen LogP contribution in [-0.4, -0.2) is 27.2 Å². The summed E-state index contributed by atoms with van der Waals surface area (Å²) in [7, 11) is 0. The lowest BCUT2D eigenvalue weighted by molar-refractivity contribution is -0.122. The molecule has 0 saturated carbocycles. The lowest BCUT2D eigenvalue weighted by Gasteiger charge is -2.10. The Hall–Kier alpha value is -2.17. The lowest BCUT2D eigenvalue weighted by Crippen LogP contribution is -2.28. The molecule has 106 valence electrons. The highest BCUT2D eigenvalue weighted by molar-refractivity contribution is 5.83. The highest BCUT2D eigenvalue weighted by atomic mass is 16.1. The number of nitrogens with one attached hydrogen (secondary N) is 1. The van der Waals surface area contributed by atoms with Crippen LogP contribution in [0, 0.1) is 6.92 Å². The van der Waals surface area contributed by atoms with Crippen molar-refractivity contribution in [3.05, 3.63) is 42.0 Å². The maximum Gasteiger partial charge on any atom is 0.227 e. The molecule has 5 heteroatoms. The van der Waals surface area contributed by atoms with E-state index in [2.05, 4.69) is 15.4 Å². The van der Waals surface area contributed by atoms with Crippen LogP contribution in [0.3, 0.4) is 0 Å². The van der Waals surface area contributed by atoms with Crippen molar-refractivity contribution in [3.8, 4) is 5.69 Å². The van der Waals surface area contributed by atoms with Gasteiger partial charge in [-0.05, 0) is 32.4 Å². The van der Waals surface area contributed by atoms with Crippen LogP contribution in [0.25, 0.3) is 5.69 Å². The fourth-order valence-corrected chi connectivity index (χ4v) is 2.06. The van der Waals surface area contributed by atoms with Gasteiger partial charge >= 0.3 is 0 Å². The quantitative estimate of drug-likeness (QED) is 0.907. The SMILES string of the molecule is CCCNC(=O)C(C)c1cn(-c2cccnc2)nc1C. The molecule has 1 amide bonds. The Morgan fingerprint density at radius 1 is 1.50 bits per heavy atom. The number of nitrogens with zero attached hydrogens (tertiary/aromatic N) is 3. The molecule has 0 fully saturated rings. The molecule has 2 rings (SSSR count). The molecule has 0 aliphatic heterocycles. The van der Waals surface area contributed by atoms with E-state index in [1.54, 1.807) is 17.1 Å². The highest BCUT2D eigenvalue weighted by Crippen LogP contribution is 2.20. The maximum absolute atomic E-state index is 12.0. The Morgan fingerprint density at radius 3 is 2.95 bits per heavy atom. The first-order valence-corrected chi connectivity index (χ1v) is 6.87. The van der Waals surface area contributed by atoms with Gasteiger partial charge in [0.05, 0.1) is 23.5 Å². The van der Waals surface area contributed by atoms with Crippen molar-refractivity contribution in [2.45, 2.75) is 33.1 Å². The number of aryl methyl sites for hydroxylation is 1. The van der Waals surface area contributed by atoms with Gasteiger partial charge in [0.15, 0.2) is 0 Å². The molecule has 2 heterocycles. The third-order valence-corrected chi connectivity index (χ3v) is 3.26. The summed E-state index contributed by atoms with van der Waals surface area (Å²) < 4.78 is 1.77. The number of rotatable bonds is 5. The van der Waals surface area contributed by atoms with Crippen molar-refractivity contribution >= 4 is 5.91 Å². The predicted octanol–water partition coefficient (Wildman–Crippen LogP) is 2.21. The van der Waals surface area contributed by atoms with Crippen LogP contribution in [0.15, 0.2) is 30.7 Å². The summed E-state index contributed by atoms with van der Waals surface area (Å²) in [4.78, 5) is 16.1. The van der Waals surface area contributed by atoms with Gasteiger partial charge in [-0.3, -0.25) is 9.78 Å². The first-order chi connectivity index (χ1) is 9.63. The molecule has 0 aromatic carbocycles. The van der Waals surface area contributed by atoms with Crippen LogP contribution in [-0.2, 0) is 4.79 Å². The predicted molar refractivity (Wildman–Crippen MR) is 77.8 cm³/mol. The topological polar surface area (TPSA) is 59.8 Å². The molecule has 0 radical (unpaired) electrons. The molecule has 5 nitrogen and oxygen atoms in total. The van der Waals surface area contributed by atoms with Crippen LogP contribution in [0.5, 0.6) is 0 Å². The van der Waals surface area contributed by atoms with Crippen LogP contribution < -0.4 is 5.32 Å². The minimum Gasteiger partial charge on any atom is -0.356 e. The number of carbonyl (C=O) groups excluding carboxylic acids is 1. The molecule has 0 aliphatic rings. The van der Waals surface area contributed by atoms with E-state index in [0.717, 1.165) is 23.4 Å². The number of pyridine rings is 1. The average molecular weight is 272 g/mol. The molecule has 0 saturated heterocycles. The van der Waals surface area contributed by atoms with Gasteiger partial charge in [-0.25, -0.2) is 4.68 Å². The summed E-state index contributed by atoms with van der Waals surface area (Å²) in [6, 6.07) is 3.80. The Balaban J connectivity index is 2.21. The fourth-order valence-electron chi connectivity index (χ4n) is 2.06. The minimum absolute atomic E-state index is 0.0423. The Kier molecular flexibility index (Phi) is 4.50. The molecule has 2 aromatic heterocycles. The zero-order chi connectivity index (χ0) is 14.5. The standard InChI is InChI=1S/C15H20N4O/c1-4-7-17-15(20)11(2)14-10-19(18-12(14)3)13-6-5-8-16-9-13/h5-6,8-11H,4,7H2,1-3H3,(H,17,20). The molecule has 2 aromatic rings. The lowest BCUT2D eigenvalue weighted by atomic mass is 10.0. The van der Waals surface area contributed by atoms with E-state index in [-0.39, 0.29) is 11.8 Å². The number of hydrogen-bond donors (Lipinski definition) is 1. The first kappa shape index (κ1) is 14.2. The zero-order valence-electron chi connectivity index (χ0n) is 12.1. The van der Waals surface area contributed by atoms with E-state index in [0.29, 0.717) is 6.54 Å². The van der Waals surface area contributed by atoms with E-state index in [1.807, 2.05) is 39.1 Å². The van der Waals surface area contributed by atoms with Crippen molar-refractivity contribution in [3.63, 3.8) is 0 Å². The number of amides is 1. The largest absolute Gasteiger partial charge is 0.356 e. The minimum atomic E-state index is -0.202. The van der Waals surface area contributed by atoms with E-state index in [1.165, 1.54) is 0 Å². The second-order valence-electron chi connectivity index (χ2n) is 4.84. The third kappa shape index (κ3) is 3.04. The zero-order valence-corrected chi connectivity index (χ0v) is 12.1. The van der Waals surface area contributed by atoms with Crippen molar-refractivity contribution in [1.29, 1.82) is 0 Å². The number of hydrogen-bond acceptors (Lipinski definition) is 3. The maximum atomic E-state index is 12.0. The molecular weight excluding hydrogens is 252 g/mol. The van der Waals surface area contributed by atoms with Gasteiger partial charge in [-0.1, -0.05) is 6.92 Å². The van der Waals surface area contributed by atoms with Crippen LogP contribution in [0.4, 0.5) is 0 Å². The Bertz CT molecular complexity index is 577. The van der Waals surface area contributed by atoms with Gasteiger partial charge in [0.1, 0.15) is 0 Å². The number of aromatic nitrogens is 3. The van der Waals surface area contributed by atoms with E-state index < -0.39 is 0 Å². The second kappa shape index (κ2) is 6.32. The third-order valence-electron chi connectivity index (χ3n) is 3.26. The van der Waals surface area contributed by atoms with Gasteiger partial charge in [-0.15, -0.1) is 0 Å². The molecule has 1 N–H and O–H groups in total. The monoisotopic (exact) mass is 272 g/mol. The highest BCUT2D eigenvalue weighted by Gasteiger charge is 2.19. The fraction of sp³-hybridized carbons (Fsp3) is 0.400. The Labute approximate surface area is 119 Å². The first-order valence-electron chi connectivity index (χ1n) is 6.87. The normalized spacial score (nSPS) is 12.2. The summed E-state index contributed by atoms with van der Waals surface area (Å²) >= 11 is 0. The van der Waals surface area contributed by atoms with Crippen molar-refractivity contribution in [1.82, 2.24) is 20.1 Å². The molecule has 0 bridgehead atoms. The van der Waals surface area contributed by atoms with E-state index in [4.69, 9.17) is 0 Å². The van der Waals surface area contributed by atoms with Crippen molar-refractivity contribution in [2.75, 3.05) is 6.54 Å². The van der Waals surface area contributed by atoms with Gasteiger partial charge in [0, 0.05) is 24.5 Å². The molecular formula is C15H20N4O. The molecule has 1 unspecified atom stereocenters. The molecule has 0 spiro atoms. The van der Waals surface area contributed by atoms with E-state index in [9.17, 15) is 4.79 Å². The van der Waals surface area contributed by atoms with Crippen molar-refractivity contribution < 1.29 is 4.79 Å². The van der Waals surface area contributed by atoms with Gasteiger partial charge < -0.3 is 5.32 Å². The summed E-state index contributed by atoms with van der Waals surface area (Å²) in [6.45, 7) is 6.57. The summed E-state index contributed by atoms with van der Waals surface area (Å²) in [5, 5.41) is 7.38. The molecule has 1 atom stereocenters. The van der Waals surface area contributed by atoms with Gasteiger partial charge in [0.25, 0.3) is 0 Å².